The number of aryl methyl sites for hydroxylation is 3. The second kappa shape index (κ2) is 8.02. The van der Waals surface area contributed by atoms with Gasteiger partial charge in [0.05, 0.1) is 19.8 Å². The van der Waals surface area contributed by atoms with E-state index in [4.69, 9.17) is 29.6 Å². The molecule has 0 bridgehead atoms. The molecule has 0 unspecified atom stereocenters. The van der Waals surface area contributed by atoms with Gasteiger partial charge in [0.15, 0.2) is 11.6 Å². The van der Waals surface area contributed by atoms with E-state index in [9.17, 15) is 0 Å². The maximum Gasteiger partial charge on any atom is 0.225 e. The summed E-state index contributed by atoms with van der Waals surface area (Å²) in [5.74, 6) is 1.71. The summed E-state index contributed by atoms with van der Waals surface area (Å²) >= 11 is 0. The van der Waals surface area contributed by atoms with Gasteiger partial charge in [-0.15, -0.1) is 0 Å². The molecule has 3 N–H and O–H groups in total. The minimum Gasteiger partial charge on any atom is -0.493 e. The van der Waals surface area contributed by atoms with Crippen LogP contribution in [0.15, 0.2) is 33.8 Å². The van der Waals surface area contributed by atoms with Crippen LogP contribution in [0.2, 0.25) is 0 Å². The Morgan fingerprint density at radius 2 is 1.89 bits per heavy atom. The maximum absolute atomic E-state index is 8.82. The smallest absolute Gasteiger partial charge is 0.225 e. The van der Waals surface area contributed by atoms with E-state index in [1.165, 1.54) is 0 Å². The number of benzene rings is 1. The van der Waals surface area contributed by atoms with Gasteiger partial charge in [-0.1, -0.05) is 5.16 Å². The lowest BCUT2D eigenvalue weighted by molar-refractivity contribution is -0.163. The number of hydrogen-bond acceptors (Lipinski definition) is 6. The van der Waals surface area contributed by atoms with E-state index in [0.717, 1.165) is 35.5 Å². The van der Waals surface area contributed by atoms with Crippen molar-refractivity contribution in [2.45, 2.75) is 39.4 Å². The highest BCUT2D eigenvalue weighted by Crippen LogP contribution is 2.32. The first kappa shape index (κ1) is 19.3. The van der Waals surface area contributed by atoms with Gasteiger partial charge in [0, 0.05) is 12.0 Å². The van der Waals surface area contributed by atoms with Gasteiger partial charge in [-0.3, -0.25) is 0 Å². The van der Waals surface area contributed by atoms with Crippen molar-refractivity contribution >= 4 is 5.84 Å². The predicted octanol–water partition coefficient (Wildman–Crippen LogP) is 3.22. The molecular formula is C20H26N2O5. The highest BCUT2D eigenvalue weighted by Gasteiger charge is 2.36. The summed E-state index contributed by atoms with van der Waals surface area (Å²) in [5, 5.41) is 11.9. The Balaban J connectivity index is 1.54. The number of nitrogens with zero attached hydrogens (tertiary/aromatic N) is 1. The predicted molar refractivity (Wildman–Crippen MR) is 100 cm³/mol. The van der Waals surface area contributed by atoms with Gasteiger partial charge >= 0.3 is 0 Å². The average molecular weight is 374 g/mol. The van der Waals surface area contributed by atoms with Crippen LogP contribution in [0.5, 0.6) is 5.75 Å². The van der Waals surface area contributed by atoms with Crippen molar-refractivity contribution < 1.29 is 23.8 Å². The molecule has 1 fully saturated rings. The zero-order chi connectivity index (χ0) is 19.4. The monoisotopic (exact) mass is 374 g/mol. The second-order valence-corrected chi connectivity index (χ2v) is 6.79. The third kappa shape index (κ3) is 4.26. The Labute approximate surface area is 158 Å². The van der Waals surface area contributed by atoms with Crippen molar-refractivity contribution in [2.75, 3.05) is 19.8 Å². The summed E-state index contributed by atoms with van der Waals surface area (Å²) in [6, 6.07) is 7.55. The van der Waals surface area contributed by atoms with Crippen LogP contribution >= 0.6 is 0 Å². The van der Waals surface area contributed by atoms with Crippen LogP contribution in [0.4, 0.5) is 0 Å². The topological polar surface area (TPSA) is 99.4 Å². The molecule has 0 radical (unpaired) electrons. The fourth-order valence-corrected chi connectivity index (χ4v) is 3.22. The zero-order valence-corrected chi connectivity index (χ0v) is 15.9. The van der Waals surface area contributed by atoms with E-state index in [2.05, 4.69) is 5.16 Å². The Kier molecular flexibility index (Phi) is 5.72. The molecule has 1 saturated heterocycles. The molecule has 3 rings (SSSR count). The Hall–Kier alpha value is -2.51. The summed E-state index contributed by atoms with van der Waals surface area (Å²) < 4.78 is 23.0. The quantitative estimate of drug-likeness (QED) is 0.254. The molecule has 0 spiro atoms. The third-order valence-electron chi connectivity index (χ3n) is 4.63. The van der Waals surface area contributed by atoms with E-state index in [0.29, 0.717) is 31.1 Å². The van der Waals surface area contributed by atoms with Crippen LogP contribution < -0.4 is 10.5 Å². The largest absolute Gasteiger partial charge is 0.493 e. The van der Waals surface area contributed by atoms with Crippen molar-refractivity contribution in [3.8, 4) is 5.75 Å². The van der Waals surface area contributed by atoms with Gasteiger partial charge in [-0.05, 0) is 62.6 Å². The number of furan rings is 1. The lowest BCUT2D eigenvalue weighted by Crippen LogP contribution is -2.21. The SMILES string of the molecule is Cc1cc(/C(N)=N\O)cc(C)c1OCCCc1ccc(C2(C)OCCO2)o1. The van der Waals surface area contributed by atoms with Crippen LogP contribution in [-0.4, -0.2) is 30.9 Å². The number of oxime groups is 1. The number of nitrogens with two attached hydrogens (primary N) is 1. The Bertz CT molecular complexity index is 799. The molecular weight excluding hydrogens is 348 g/mol. The fourth-order valence-electron chi connectivity index (χ4n) is 3.22. The van der Waals surface area contributed by atoms with Crippen LogP contribution in [0, 0.1) is 13.8 Å². The minimum absolute atomic E-state index is 0.0882. The first-order chi connectivity index (χ1) is 12.9. The van der Waals surface area contributed by atoms with Crippen LogP contribution in [0.25, 0.3) is 0 Å². The van der Waals surface area contributed by atoms with E-state index < -0.39 is 5.79 Å². The first-order valence-corrected chi connectivity index (χ1v) is 9.02. The normalized spacial score (nSPS) is 16.6. The summed E-state index contributed by atoms with van der Waals surface area (Å²) in [4.78, 5) is 0. The number of amidine groups is 1. The van der Waals surface area contributed by atoms with E-state index >= 15 is 0 Å². The van der Waals surface area contributed by atoms with Crippen molar-refractivity contribution in [1.82, 2.24) is 0 Å². The van der Waals surface area contributed by atoms with Gasteiger partial charge in [0.2, 0.25) is 5.79 Å². The van der Waals surface area contributed by atoms with Gasteiger partial charge in [-0.2, -0.15) is 0 Å². The standard InChI is InChI=1S/C20H26N2O5/c1-13-11-15(19(21)22-23)12-14(2)18(13)24-8-4-5-16-6-7-17(27-16)20(3)25-9-10-26-20/h6-7,11-12,23H,4-5,8-10H2,1-3H3,(H2,21,22). The van der Waals surface area contributed by atoms with Gasteiger partial charge in [-0.25, -0.2) is 0 Å². The summed E-state index contributed by atoms with van der Waals surface area (Å²) in [7, 11) is 0. The van der Waals surface area contributed by atoms with E-state index in [-0.39, 0.29) is 5.84 Å². The number of rotatable bonds is 7. The summed E-state index contributed by atoms with van der Waals surface area (Å²) in [6.07, 6.45) is 1.57. The first-order valence-electron chi connectivity index (χ1n) is 9.02. The van der Waals surface area contributed by atoms with Crippen LogP contribution in [0.3, 0.4) is 0 Å². The fraction of sp³-hybridized carbons (Fsp3) is 0.450. The Morgan fingerprint density at radius 3 is 2.52 bits per heavy atom. The molecule has 0 amide bonds. The Morgan fingerprint density at radius 1 is 1.22 bits per heavy atom. The highest BCUT2D eigenvalue weighted by atomic mass is 16.7. The molecule has 2 aromatic rings. The molecule has 7 heteroatoms. The third-order valence-corrected chi connectivity index (χ3v) is 4.63. The molecule has 146 valence electrons. The maximum atomic E-state index is 8.82. The molecule has 7 nitrogen and oxygen atoms in total. The van der Waals surface area contributed by atoms with Gasteiger partial charge in [0.25, 0.3) is 0 Å². The lowest BCUT2D eigenvalue weighted by Gasteiger charge is -2.19. The van der Waals surface area contributed by atoms with Crippen molar-refractivity contribution in [1.29, 1.82) is 0 Å². The van der Waals surface area contributed by atoms with Crippen LogP contribution in [0.1, 0.15) is 41.6 Å². The number of ether oxygens (including phenoxy) is 3. The molecule has 0 aliphatic carbocycles. The molecule has 1 aliphatic heterocycles. The van der Waals surface area contributed by atoms with Crippen molar-refractivity contribution in [3.05, 3.63) is 52.5 Å². The van der Waals surface area contributed by atoms with Crippen molar-refractivity contribution in [2.24, 2.45) is 10.9 Å². The molecule has 0 saturated carbocycles. The average Bonchev–Trinajstić information content (AvgIpc) is 3.29. The van der Waals surface area contributed by atoms with Crippen molar-refractivity contribution in [3.63, 3.8) is 0 Å². The van der Waals surface area contributed by atoms with E-state index in [1.54, 1.807) is 0 Å². The second-order valence-electron chi connectivity index (χ2n) is 6.79. The molecule has 0 atom stereocenters. The van der Waals surface area contributed by atoms with Gasteiger partial charge < -0.3 is 29.6 Å². The summed E-state index contributed by atoms with van der Waals surface area (Å²) in [5.41, 5.74) is 8.22. The molecule has 27 heavy (non-hydrogen) atoms. The van der Waals surface area contributed by atoms with Gasteiger partial charge in [0.1, 0.15) is 11.5 Å². The van der Waals surface area contributed by atoms with E-state index in [1.807, 2.05) is 45.0 Å². The summed E-state index contributed by atoms with van der Waals surface area (Å²) in [6.45, 7) is 7.47. The minimum atomic E-state index is -0.773. The number of hydrogen-bond donors (Lipinski definition) is 2. The van der Waals surface area contributed by atoms with Crippen LogP contribution in [-0.2, 0) is 21.7 Å². The molecule has 1 aromatic heterocycles. The molecule has 1 aliphatic rings. The lowest BCUT2D eigenvalue weighted by atomic mass is 10.1. The highest BCUT2D eigenvalue weighted by molar-refractivity contribution is 5.97. The molecule has 1 aromatic carbocycles. The zero-order valence-electron chi connectivity index (χ0n) is 15.9. The molecule has 2 heterocycles.